The Balaban J connectivity index is 5.70. The van der Waals surface area contributed by atoms with Crippen molar-refractivity contribution in [1.82, 2.24) is 0 Å². The summed E-state index contributed by atoms with van der Waals surface area (Å²) in [5.41, 5.74) is 0. The molecule has 0 aliphatic rings. The Morgan fingerprint density at radius 2 is 0.524 bits per heavy atom. The van der Waals surface area contributed by atoms with Crippen LogP contribution in [0.2, 0.25) is 97.6 Å². The Hall–Kier alpha value is 1.45. The standard InChI is InChI=1S/4C4H11Si.V/c4*1-5(2,3)4;/h4*1H2,2-4H3;. The predicted octanol–water partition coefficient (Wildman–Crippen LogP) is 7.32. The van der Waals surface area contributed by atoms with Crippen LogP contribution in [-0.4, -0.2) is 32.3 Å². The van der Waals surface area contributed by atoms with Gasteiger partial charge in [-0.05, 0) is 0 Å². The van der Waals surface area contributed by atoms with Crippen molar-refractivity contribution in [3.05, 3.63) is 0 Å². The molecule has 21 heavy (non-hydrogen) atoms. The van der Waals surface area contributed by atoms with Crippen molar-refractivity contribution in [2.45, 2.75) is 97.6 Å². The van der Waals surface area contributed by atoms with E-state index in [1.165, 1.54) is 0 Å². The summed E-state index contributed by atoms with van der Waals surface area (Å²) in [6.07, 6.45) is 0. The average Bonchev–Trinajstić information content (AvgIpc) is 1.83. The van der Waals surface area contributed by atoms with Crippen LogP contribution in [-0.2, 0) is 14.0 Å². The molecule has 0 amide bonds. The van der Waals surface area contributed by atoms with Gasteiger partial charge in [-0.3, -0.25) is 0 Å². The van der Waals surface area contributed by atoms with E-state index < -0.39 is 46.3 Å². The van der Waals surface area contributed by atoms with Crippen LogP contribution in [0.25, 0.3) is 0 Å². The molecule has 0 unspecified atom stereocenters. The molecule has 0 aromatic heterocycles. The third-order valence-electron chi connectivity index (χ3n) is 3.24. The molecule has 0 aromatic rings. The molecule has 0 nitrogen and oxygen atoms in total. The Labute approximate surface area is 143 Å². The number of hydrogen-bond donors (Lipinski definition) is 0. The Morgan fingerprint density at radius 3 is 0.619 bits per heavy atom. The molecular weight excluding hydrogens is 355 g/mol. The van der Waals surface area contributed by atoms with Gasteiger partial charge in [0.1, 0.15) is 0 Å². The first-order valence-electron chi connectivity index (χ1n) is 8.68. The Bertz CT molecular complexity index is 257. The van der Waals surface area contributed by atoms with E-state index in [9.17, 15) is 0 Å². The second-order valence-corrected chi connectivity index (χ2v) is 44.1. The summed E-state index contributed by atoms with van der Waals surface area (Å²) in [7, 11) is -3.80. The van der Waals surface area contributed by atoms with Gasteiger partial charge < -0.3 is 0 Å². The Kier molecular flexibility index (Phi) is 7.63. The maximum atomic E-state index is 2.64. The molecule has 0 radical (unpaired) electrons. The first-order valence-corrected chi connectivity index (χ1v) is 27.5. The van der Waals surface area contributed by atoms with Crippen LogP contribution in [0.15, 0.2) is 0 Å². The van der Waals surface area contributed by atoms with Gasteiger partial charge in [0.15, 0.2) is 0 Å². The summed E-state index contributed by atoms with van der Waals surface area (Å²) >= 11 is -1.51. The van der Waals surface area contributed by atoms with Gasteiger partial charge in [-0.1, -0.05) is 0 Å². The van der Waals surface area contributed by atoms with Gasteiger partial charge in [0.05, 0.1) is 0 Å². The molecule has 0 bridgehead atoms. The summed E-state index contributed by atoms with van der Waals surface area (Å²) in [6, 6.07) is 0. The minimum atomic E-state index is -1.51. The zero-order chi connectivity index (χ0) is 17.3. The summed E-state index contributed by atoms with van der Waals surface area (Å²) in [5.74, 6) is 0. The van der Waals surface area contributed by atoms with Crippen molar-refractivity contribution in [3.8, 4) is 0 Å². The predicted molar refractivity (Wildman–Crippen MR) is 113 cm³/mol. The molecule has 129 valence electrons. The second-order valence-electron chi connectivity index (χ2n) is 12.2. The van der Waals surface area contributed by atoms with E-state index in [4.69, 9.17) is 0 Å². The molecule has 0 aliphatic heterocycles. The summed E-state index contributed by atoms with van der Waals surface area (Å²) in [4.78, 5) is 0. The zero-order valence-corrected chi connectivity index (χ0v) is 22.7. The van der Waals surface area contributed by atoms with E-state index in [2.05, 4.69) is 78.6 Å². The van der Waals surface area contributed by atoms with E-state index in [0.29, 0.717) is 0 Å². The molecule has 0 rings (SSSR count). The molecule has 0 N–H and O–H groups in total. The van der Waals surface area contributed by atoms with E-state index in [1.807, 2.05) is 0 Å². The SMILES string of the molecule is C[Si](C)(C)[CH2][V]([CH2][Si](C)(C)C)([CH2][Si](C)(C)C)[CH2][Si](C)(C)C. The topological polar surface area (TPSA) is 0 Å². The molecule has 0 heterocycles. The van der Waals surface area contributed by atoms with E-state index in [0.717, 1.165) is 0 Å². The molecule has 0 aromatic carbocycles. The van der Waals surface area contributed by atoms with Gasteiger partial charge in [-0.2, -0.15) is 0 Å². The van der Waals surface area contributed by atoms with Crippen LogP contribution in [0.4, 0.5) is 0 Å². The molecule has 5 heteroatoms. The molecule has 0 saturated heterocycles. The fourth-order valence-corrected chi connectivity index (χ4v) is 62.2. The quantitative estimate of drug-likeness (QED) is 0.375. The van der Waals surface area contributed by atoms with Gasteiger partial charge in [0.2, 0.25) is 0 Å². The van der Waals surface area contributed by atoms with Gasteiger partial charge in [-0.15, -0.1) is 0 Å². The number of rotatable bonds is 8. The third kappa shape index (κ3) is 12.5. The van der Waals surface area contributed by atoms with Crippen molar-refractivity contribution in [2.24, 2.45) is 0 Å². The average molecular weight is 400 g/mol. The van der Waals surface area contributed by atoms with Gasteiger partial charge in [-0.25, -0.2) is 0 Å². The van der Waals surface area contributed by atoms with Gasteiger partial charge in [0, 0.05) is 0 Å². The number of hydrogen-bond acceptors (Lipinski definition) is 0. The molecular formula is C16H44Si4V. The third-order valence-corrected chi connectivity index (χ3v) is 40.1. The summed E-state index contributed by atoms with van der Waals surface area (Å²) in [6.45, 7) is 31.7. The fraction of sp³-hybridized carbons (Fsp3) is 1.00. The molecule has 0 fully saturated rings. The first-order chi connectivity index (χ1) is 8.83. The normalized spacial score (nSPS) is 15.4. The second kappa shape index (κ2) is 7.14. The van der Waals surface area contributed by atoms with Crippen LogP contribution in [0, 0.1) is 0 Å². The van der Waals surface area contributed by atoms with Crippen LogP contribution < -0.4 is 0 Å². The van der Waals surface area contributed by atoms with Crippen LogP contribution in [0.5, 0.6) is 0 Å². The van der Waals surface area contributed by atoms with Crippen LogP contribution >= 0.6 is 0 Å². The minimum absolute atomic E-state index is 0.949. The van der Waals surface area contributed by atoms with Crippen molar-refractivity contribution in [3.63, 3.8) is 0 Å². The Morgan fingerprint density at radius 1 is 0.381 bits per heavy atom. The summed E-state index contributed by atoms with van der Waals surface area (Å²) in [5, 5.41) is 0. The van der Waals surface area contributed by atoms with Crippen molar-refractivity contribution < 1.29 is 14.0 Å². The van der Waals surface area contributed by atoms with E-state index in [-0.39, 0.29) is 0 Å². The van der Waals surface area contributed by atoms with Crippen molar-refractivity contribution in [2.75, 3.05) is 0 Å². The van der Waals surface area contributed by atoms with Gasteiger partial charge >= 0.3 is 144 Å². The molecule has 0 atom stereocenters. The summed E-state index contributed by atoms with van der Waals surface area (Å²) < 4.78 is 6.96. The van der Waals surface area contributed by atoms with Crippen LogP contribution in [0.3, 0.4) is 0 Å². The monoisotopic (exact) mass is 399 g/mol. The van der Waals surface area contributed by atoms with Gasteiger partial charge in [0.25, 0.3) is 0 Å². The molecule has 0 aliphatic carbocycles. The van der Waals surface area contributed by atoms with Crippen LogP contribution in [0.1, 0.15) is 0 Å². The fourth-order valence-electron chi connectivity index (χ4n) is 4.36. The van der Waals surface area contributed by atoms with E-state index >= 15 is 0 Å². The van der Waals surface area contributed by atoms with Crippen molar-refractivity contribution in [1.29, 1.82) is 0 Å². The maximum absolute atomic E-state index is 2.64. The molecule has 0 spiro atoms. The van der Waals surface area contributed by atoms with Crippen molar-refractivity contribution >= 4 is 32.3 Å². The van der Waals surface area contributed by atoms with E-state index in [1.54, 1.807) is 19.0 Å². The zero-order valence-electron chi connectivity index (χ0n) is 17.3. The molecule has 0 saturated carbocycles. The first kappa shape index (κ1) is 22.5.